The van der Waals surface area contributed by atoms with Gasteiger partial charge in [-0.25, -0.2) is 15.8 Å². The van der Waals surface area contributed by atoms with Crippen molar-refractivity contribution in [2.24, 2.45) is 5.84 Å². The fourth-order valence-electron chi connectivity index (χ4n) is 1.70. The van der Waals surface area contributed by atoms with E-state index < -0.39 is 0 Å². The third-order valence-electron chi connectivity index (χ3n) is 2.70. The maximum atomic E-state index is 5.83. The van der Waals surface area contributed by atoms with Crippen LogP contribution >= 0.6 is 0 Å². The first kappa shape index (κ1) is 12.3. The molecular weight excluding hydrogens is 228 g/mol. The zero-order chi connectivity index (χ0) is 13.0. The molecule has 0 unspecified atom stereocenters. The molecule has 5 heteroatoms. The smallest absolute Gasteiger partial charge is 0.227 e. The molecule has 2 rings (SSSR count). The summed E-state index contributed by atoms with van der Waals surface area (Å²) >= 11 is 0. The Morgan fingerprint density at radius 1 is 1.28 bits per heavy atom. The van der Waals surface area contributed by atoms with E-state index in [1.165, 1.54) is 6.33 Å². The van der Waals surface area contributed by atoms with E-state index in [2.05, 4.69) is 15.4 Å². The third kappa shape index (κ3) is 2.41. The fraction of sp³-hybridized carbons (Fsp3) is 0.231. The number of rotatable bonds is 4. The molecular formula is C13H16N4O. The highest BCUT2D eigenvalue weighted by Crippen LogP contribution is 2.28. The molecule has 5 nitrogen and oxygen atoms in total. The predicted molar refractivity (Wildman–Crippen MR) is 70.5 cm³/mol. The monoisotopic (exact) mass is 244 g/mol. The summed E-state index contributed by atoms with van der Waals surface area (Å²) in [5, 5.41) is 0. The van der Waals surface area contributed by atoms with Crippen LogP contribution in [-0.4, -0.2) is 9.97 Å². The van der Waals surface area contributed by atoms with Gasteiger partial charge in [0.1, 0.15) is 17.9 Å². The molecule has 0 fully saturated rings. The van der Waals surface area contributed by atoms with Crippen molar-refractivity contribution >= 4 is 5.82 Å². The Balaban J connectivity index is 2.37. The van der Waals surface area contributed by atoms with E-state index in [1.54, 1.807) is 0 Å². The summed E-state index contributed by atoms with van der Waals surface area (Å²) in [5.41, 5.74) is 4.48. The second kappa shape index (κ2) is 5.46. The molecule has 0 aliphatic heterocycles. The molecule has 0 atom stereocenters. The molecule has 0 aliphatic rings. The van der Waals surface area contributed by atoms with Gasteiger partial charge in [-0.3, -0.25) is 0 Å². The van der Waals surface area contributed by atoms with Crippen LogP contribution in [0.25, 0.3) is 0 Å². The number of benzene rings is 1. The molecule has 18 heavy (non-hydrogen) atoms. The summed E-state index contributed by atoms with van der Waals surface area (Å²) in [7, 11) is 0. The van der Waals surface area contributed by atoms with Gasteiger partial charge in [-0.15, -0.1) is 0 Å². The first-order valence-corrected chi connectivity index (χ1v) is 5.80. The van der Waals surface area contributed by atoms with Crippen molar-refractivity contribution in [3.8, 4) is 11.6 Å². The number of nitrogen functional groups attached to an aromatic ring is 1. The predicted octanol–water partition coefficient (Wildman–Crippen LogP) is 2.43. The maximum absolute atomic E-state index is 5.83. The van der Waals surface area contributed by atoms with Crippen molar-refractivity contribution in [2.45, 2.75) is 20.3 Å². The Hall–Kier alpha value is -2.14. The van der Waals surface area contributed by atoms with Crippen LogP contribution in [0, 0.1) is 6.92 Å². The van der Waals surface area contributed by atoms with E-state index in [4.69, 9.17) is 10.6 Å². The average molecular weight is 244 g/mol. The van der Waals surface area contributed by atoms with E-state index in [-0.39, 0.29) is 0 Å². The summed E-state index contributed by atoms with van der Waals surface area (Å²) < 4.78 is 5.83. The standard InChI is InChI=1S/C13H16N4O/c1-3-10-12(17-14)15-8-16-13(10)18-11-7-5-4-6-9(11)2/h4-8H,3,14H2,1-2H3,(H,15,16,17). The molecule has 0 aliphatic carbocycles. The summed E-state index contributed by atoms with van der Waals surface area (Å²) in [6, 6.07) is 7.80. The number of nitrogens with two attached hydrogens (primary N) is 1. The van der Waals surface area contributed by atoms with E-state index in [9.17, 15) is 0 Å². The van der Waals surface area contributed by atoms with Crippen LogP contribution in [0.2, 0.25) is 0 Å². The lowest BCUT2D eigenvalue weighted by Gasteiger charge is -2.12. The van der Waals surface area contributed by atoms with Crippen molar-refractivity contribution in [2.75, 3.05) is 5.43 Å². The van der Waals surface area contributed by atoms with Gasteiger partial charge in [-0.2, -0.15) is 0 Å². The molecule has 1 aromatic heterocycles. The second-order valence-electron chi connectivity index (χ2n) is 3.87. The number of hydrogen-bond donors (Lipinski definition) is 2. The van der Waals surface area contributed by atoms with Crippen molar-refractivity contribution < 1.29 is 4.74 Å². The van der Waals surface area contributed by atoms with E-state index in [0.29, 0.717) is 11.7 Å². The number of hydrazine groups is 1. The first-order chi connectivity index (χ1) is 8.76. The molecule has 2 aromatic rings. The Kier molecular flexibility index (Phi) is 3.74. The fourth-order valence-corrected chi connectivity index (χ4v) is 1.70. The minimum Gasteiger partial charge on any atom is -0.438 e. The van der Waals surface area contributed by atoms with Gasteiger partial charge in [0.05, 0.1) is 5.56 Å². The van der Waals surface area contributed by atoms with Crippen LogP contribution in [0.15, 0.2) is 30.6 Å². The maximum Gasteiger partial charge on any atom is 0.227 e. The number of ether oxygens (including phenoxy) is 1. The van der Waals surface area contributed by atoms with Crippen molar-refractivity contribution in [3.05, 3.63) is 41.7 Å². The topological polar surface area (TPSA) is 73.1 Å². The van der Waals surface area contributed by atoms with Gasteiger partial charge in [0.15, 0.2) is 0 Å². The Labute approximate surface area is 106 Å². The first-order valence-electron chi connectivity index (χ1n) is 5.80. The minimum absolute atomic E-state index is 0.537. The minimum atomic E-state index is 0.537. The lowest BCUT2D eigenvalue weighted by Crippen LogP contribution is -2.12. The number of nitrogens with zero attached hydrogens (tertiary/aromatic N) is 2. The highest BCUT2D eigenvalue weighted by molar-refractivity contribution is 5.49. The molecule has 3 N–H and O–H groups in total. The summed E-state index contributed by atoms with van der Waals surface area (Å²) in [6.45, 7) is 3.99. The van der Waals surface area contributed by atoms with Gasteiger partial charge in [-0.1, -0.05) is 25.1 Å². The van der Waals surface area contributed by atoms with E-state index in [0.717, 1.165) is 23.3 Å². The number of hydrogen-bond acceptors (Lipinski definition) is 5. The highest BCUT2D eigenvalue weighted by Gasteiger charge is 2.11. The third-order valence-corrected chi connectivity index (χ3v) is 2.70. The van der Waals surface area contributed by atoms with Gasteiger partial charge in [0.2, 0.25) is 5.88 Å². The molecule has 0 amide bonds. The SMILES string of the molecule is CCc1c(NN)ncnc1Oc1ccccc1C. The number of aromatic nitrogens is 2. The van der Waals surface area contributed by atoms with Gasteiger partial charge in [0, 0.05) is 0 Å². The summed E-state index contributed by atoms with van der Waals surface area (Å²) in [6.07, 6.45) is 2.17. The van der Waals surface area contributed by atoms with Crippen LogP contribution < -0.4 is 16.0 Å². The van der Waals surface area contributed by atoms with Crippen LogP contribution in [-0.2, 0) is 6.42 Å². The Morgan fingerprint density at radius 3 is 2.72 bits per heavy atom. The zero-order valence-electron chi connectivity index (χ0n) is 10.5. The lowest BCUT2D eigenvalue weighted by molar-refractivity contribution is 0.452. The van der Waals surface area contributed by atoms with Crippen molar-refractivity contribution in [3.63, 3.8) is 0 Å². The van der Waals surface area contributed by atoms with Crippen LogP contribution in [0.3, 0.4) is 0 Å². The van der Waals surface area contributed by atoms with Gasteiger partial charge >= 0.3 is 0 Å². The van der Waals surface area contributed by atoms with Gasteiger partial charge < -0.3 is 10.2 Å². The molecule has 0 spiro atoms. The number of para-hydroxylation sites is 1. The second-order valence-corrected chi connectivity index (χ2v) is 3.87. The van der Waals surface area contributed by atoms with Crippen LogP contribution in [0.5, 0.6) is 11.6 Å². The van der Waals surface area contributed by atoms with Crippen LogP contribution in [0.4, 0.5) is 5.82 Å². The molecule has 0 saturated carbocycles. The molecule has 94 valence electrons. The summed E-state index contributed by atoms with van der Waals surface area (Å²) in [4.78, 5) is 8.23. The molecule has 1 heterocycles. The largest absolute Gasteiger partial charge is 0.438 e. The van der Waals surface area contributed by atoms with Gasteiger partial charge in [0.25, 0.3) is 0 Å². The number of anilines is 1. The van der Waals surface area contributed by atoms with Gasteiger partial charge in [-0.05, 0) is 25.0 Å². The molecule has 0 saturated heterocycles. The summed E-state index contributed by atoms with van der Waals surface area (Å²) in [5.74, 6) is 7.34. The molecule has 0 bridgehead atoms. The van der Waals surface area contributed by atoms with E-state index >= 15 is 0 Å². The number of nitrogens with one attached hydrogen (secondary N) is 1. The molecule has 0 radical (unpaired) electrons. The average Bonchev–Trinajstić information content (AvgIpc) is 2.41. The highest BCUT2D eigenvalue weighted by atomic mass is 16.5. The molecule has 1 aromatic carbocycles. The zero-order valence-corrected chi connectivity index (χ0v) is 10.5. The number of aryl methyl sites for hydroxylation is 1. The van der Waals surface area contributed by atoms with Crippen molar-refractivity contribution in [1.29, 1.82) is 0 Å². The van der Waals surface area contributed by atoms with E-state index in [1.807, 2.05) is 38.1 Å². The lowest BCUT2D eigenvalue weighted by atomic mass is 10.2. The Morgan fingerprint density at radius 2 is 2.06 bits per heavy atom. The quantitative estimate of drug-likeness (QED) is 0.638. The van der Waals surface area contributed by atoms with Crippen molar-refractivity contribution in [1.82, 2.24) is 9.97 Å². The normalized spacial score (nSPS) is 10.2. The Bertz CT molecular complexity index is 542. The van der Waals surface area contributed by atoms with Crippen LogP contribution in [0.1, 0.15) is 18.1 Å².